The third-order valence-corrected chi connectivity index (χ3v) is 6.38. The van der Waals surface area contributed by atoms with Crippen LogP contribution in [0.3, 0.4) is 0 Å². The normalized spacial score (nSPS) is 13.1. The Balaban J connectivity index is 1.69. The van der Waals surface area contributed by atoms with Crippen LogP contribution in [0, 0.1) is 10.1 Å². The zero-order chi connectivity index (χ0) is 20.7. The number of nitro groups is 1. The monoisotopic (exact) mass is 429 g/mol. The number of esters is 1. The Morgan fingerprint density at radius 3 is 2.79 bits per heavy atom. The van der Waals surface area contributed by atoms with Crippen molar-refractivity contribution in [2.24, 2.45) is 0 Å². The zero-order valence-electron chi connectivity index (χ0n) is 14.8. The largest absolute Gasteiger partial charge is 0.468 e. The summed E-state index contributed by atoms with van der Waals surface area (Å²) < 4.78 is 5.95. The number of benzene rings is 2. The molecule has 2 aromatic carbocycles. The molecule has 9 nitrogen and oxygen atoms in total. The Kier molecular flexibility index (Phi) is 4.76. The first-order chi connectivity index (χ1) is 13.9. The highest BCUT2D eigenvalue weighted by molar-refractivity contribution is 8.01. The van der Waals surface area contributed by atoms with E-state index in [1.807, 2.05) is 0 Å². The van der Waals surface area contributed by atoms with Crippen LogP contribution in [0.25, 0.3) is 10.2 Å². The van der Waals surface area contributed by atoms with Gasteiger partial charge >= 0.3 is 5.97 Å². The molecule has 0 saturated heterocycles. The highest BCUT2D eigenvalue weighted by Crippen LogP contribution is 2.37. The second-order valence-corrected chi connectivity index (χ2v) is 8.15. The minimum atomic E-state index is -0.735. The van der Waals surface area contributed by atoms with E-state index < -0.39 is 22.4 Å². The molecule has 29 heavy (non-hydrogen) atoms. The fourth-order valence-corrected chi connectivity index (χ4v) is 4.86. The molecule has 0 saturated carbocycles. The smallest absolute Gasteiger partial charge is 0.316 e. The molecule has 0 aliphatic carbocycles. The van der Waals surface area contributed by atoms with E-state index in [0.717, 1.165) is 4.90 Å². The van der Waals surface area contributed by atoms with Gasteiger partial charge in [-0.2, -0.15) is 0 Å². The summed E-state index contributed by atoms with van der Waals surface area (Å²) in [5.74, 6) is -1.60. The highest BCUT2D eigenvalue weighted by atomic mass is 32.2. The number of imide groups is 1. The molecule has 0 N–H and O–H groups in total. The number of carbonyl (C=O) groups is 3. The number of hydrogen-bond donors (Lipinski definition) is 0. The van der Waals surface area contributed by atoms with E-state index in [2.05, 4.69) is 9.72 Å². The molecule has 1 aliphatic heterocycles. The van der Waals surface area contributed by atoms with Crippen LogP contribution in [-0.4, -0.2) is 40.6 Å². The summed E-state index contributed by atoms with van der Waals surface area (Å²) in [5.41, 5.74) is 0.340. The molecule has 0 unspecified atom stereocenters. The Labute approximate surface area is 171 Å². The molecule has 0 fully saturated rings. The van der Waals surface area contributed by atoms with Gasteiger partial charge in [-0.1, -0.05) is 17.8 Å². The van der Waals surface area contributed by atoms with Gasteiger partial charge in [-0.25, -0.2) is 9.88 Å². The maximum atomic E-state index is 12.8. The summed E-state index contributed by atoms with van der Waals surface area (Å²) in [6, 6.07) is 8.82. The molecule has 0 atom stereocenters. The lowest BCUT2D eigenvalue weighted by Crippen LogP contribution is -2.29. The summed E-state index contributed by atoms with van der Waals surface area (Å²) in [5, 5.41) is 11.2. The van der Waals surface area contributed by atoms with Gasteiger partial charge in [0.25, 0.3) is 17.5 Å². The molecule has 1 aromatic heterocycles. The average Bonchev–Trinajstić information content (AvgIpc) is 3.23. The van der Waals surface area contributed by atoms with Crippen molar-refractivity contribution in [1.82, 2.24) is 4.98 Å². The minimum absolute atomic E-state index is 0.00271. The van der Waals surface area contributed by atoms with Gasteiger partial charge in [0.05, 0.1) is 39.3 Å². The summed E-state index contributed by atoms with van der Waals surface area (Å²) in [7, 11) is 1.31. The van der Waals surface area contributed by atoms with Crippen molar-refractivity contribution in [2.45, 2.75) is 4.34 Å². The summed E-state index contributed by atoms with van der Waals surface area (Å²) in [4.78, 5) is 52.8. The molecule has 1 aliphatic rings. The van der Waals surface area contributed by atoms with E-state index >= 15 is 0 Å². The van der Waals surface area contributed by atoms with Crippen LogP contribution in [0.4, 0.5) is 11.4 Å². The van der Waals surface area contributed by atoms with Crippen LogP contribution in [0.5, 0.6) is 0 Å². The summed E-state index contributed by atoms with van der Waals surface area (Å²) in [6.07, 6.45) is 0. The number of nitro benzene ring substituents is 1. The van der Waals surface area contributed by atoms with Gasteiger partial charge in [0.15, 0.2) is 4.34 Å². The van der Waals surface area contributed by atoms with Crippen molar-refractivity contribution >= 4 is 62.5 Å². The van der Waals surface area contributed by atoms with Gasteiger partial charge in [0.1, 0.15) is 5.56 Å². The first-order valence-electron chi connectivity index (χ1n) is 8.17. The Morgan fingerprint density at radius 2 is 2.07 bits per heavy atom. The van der Waals surface area contributed by atoms with Crippen molar-refractivity contribution in [3.8, 4) is 0 Å². The predicted octanol–water partition coefficient (Wildman–Crippen LogP) is 3.27. The minimum Gasteiger partial charge on any atom is -0.468 e. The number of ether oxygens (including phenoxy) is 1. The molecular formula is C18H11N3O6S2. The van der Waals surface area contributed by atoms with Crippen LogP contribution in [0.15, 0.2) is 40.7 Å². The third-order valence-electron chi connectivity index (χ3n) is 4.24. The van der Waals surface area contributed by atoms with E-state index in [1.165, 1.54) is 48.4 Å². The van der Waals surface area contributed by atoms with E-state index in [-0.39, 0.29) is 22.8 Å². The number of carbonyl (C=O) groups excluding carboxylic acids is 3. The lowest BCUT2D eigenvalue weighted by atomic mass is 10.1. The van der Waals surface area contributed by atoms with Gasteiger partial charge in [0.2, 0.25) is 0 Å². The first-order valence-corrected chi connectivity index (χ1v) is 9.97. The second-order valence-electron chi connectivity index (χ2n) is 5.90. The average molecular weight is 429 g/mol. The fourth-order valence-electron chi connectivity index (χ4n) is 2.93. The third kappa shape index (κ3) is 3.23. The quantitative estimate of drug-likeness (QED) is 0.199. The molecule has 0 spiro atoms. The van der Waals surface area contributed by atoms with Crippen molar-refractivity contribution < 1.29 is 24.0 Å². The van der Waals surface area contributed by atoms with Gasteiger partial charge < -0.3 is 4.74 Å². The number of amides is 2. The number of fused-ring (bicyclic) bond motifs is 2. The maximum absolute atomic E-state index is 12.8. The van der Waals surface area contributed by atoms with Gasteiger partial charge in [0, 0.05) is 6.07 Å². The predicted molar refractivity (Wildman–Crippen MR) is 107 cm³/mol. The van der Waals surface area contributed by atoms with E-state index in [9.17, 15) is 24.5 Å². The molecule has 2 heterocycles. The lowest BCUT2D eigenvalue weighted by Gasteiger charge is -2.13. The molecule has 3 aromatic rings. The molecule has 0 radical (unpaired) electrons. The number of aromatic nitrogens is 1. The van der Waals surface area contributed by atoms with Crippen LogP contribution in [0.2, 0.25) is 0 Å². The Bertz CT molecular complexity index is 1210. The van der Waals surface area contributed by atoms with Gasteiger partial charge in [-0.3, -0.25) is 24.5 Å². The lowest BCUT2D eigenvalue weighted by molar-refractivity contribution is -0.385. The SMILES string of the molecule is COC(=O)CSc1nc2ccc(N3C(=O)c4cccc([N+](=O)[O-])c4C3=O)cc2s1. The molecule has 146 valence electrons. The summed E-state index contributed by atoms with van der Waals surface area (Å²) >= 11 is 2.53. The number of thiazole rings is 1. The standard InChI is InChI=1S/C18H11N3O6S2/c1-27-14(22)8-28-18-19-11-6-5-9(7-13(11)29-18)20-16(23)10-3-2-4-12(21(25)26)15(10)17(20)24/h2-7H,8H2,1H3. The van der Waals surface area contributed by atoms with Gasteiger partial charge in [-0.15, -0.1) is 11.3 Å². The van der Waals surface area contributed by atoms with Crippen molar-refractivity contribution in [2.75, 3.05) is 17.8 Å². The van der Waals surface area contributed by atoms with Crippen molar-refractivity contribution in [3.05, 3.63) is 57.6 Å². The van der Waals surface area contributed by atoms with E-state index in [4.69, 9.17) is 0 Å². The second kappa shape index (κ2) is 7.26. The number of anilines is 1. The maximum Gasteiger partial charge on any atom is 0.316 e. The first kappa shape index (κ1) is 19.0. The zero-order valence-corrected chi connectivity index (χ0v) is 16.4. The Morgan fingerprint density at radius 1 is 1.28 bits per heavy atom. The van der Waals surface area contributed by atoms with Crippen LogP contribution >= 0.6 is 23.1 Å². The number of rotatable bonds is 5. The van der Waals surface area contributed by atoms with Gasteiger partial charge in [-0.05, 0) is 24.3 Å². The van der Waals surface area contributed by atoms with E-state index in [0.29, 0.717) is 20.2 Å². The van der Waals surface area contributed by atoms with Crippen molar-refractivity contribution in [1.29, 1.82) is 0 Å². The van der Waals surface area contributed by atoms with E-state index in [1.54, 1.807) is 18.2 Å². The van der Waals surface area contributed by atoms with Crippen LogP contribution < -0.4 is 4.90 Å². The van der Waals surface area contributed by atoms with Crippen molar-refractivity contribution in [3.63, 3.8) is 0 Å². The number of thioether (sulfide) groups is 1. The summed E-state index contributed by atoms with van der Waals surface area (Å²) in [6.45, 7) is 0. The molecular weight excluding hydrogens is 418 g/mol. The fraction of sp³-hybridized carbons (Fsp3) is 0.111. The van der Waals surface area contributed by atoms with Crippen LogP contribution in [-0.2, 0) is 9.53 Å². The molecule has 2 amide bonds. The number of hydrogen-bond acceptors (Lipinski definition) is 9. The highest BCUT2D eigenvalue weighted by Gasteiger charge is 2.41. The van der Waals surface area contributed by atoms with Crippen LogP contribution in [0.1, 0.15) is 20.7 Å². The molecule has 0 bridgehead atoms. The Hall–Kier alpha value is -3.31. The molecule has 4 rings (SSSR count). The molecule has 11 heteroatoms. The number of nitrogens with zero attached hydrogens (tertiary/aromatic N) is 3. The number of methoxy groups -OCH3 is 1. The topological polar surface area (TPSA) is 120 Å².